The van der Waals surface area contributed by atoms with Crippen LogP contribution in [0.3, 0.4) is 0 Å². The second-order valence-electron chi connectivity index (χ2n) is 6.58. The highest BCUT2D eigenvalue weighted by atomic mass is 19.1. The van der Waals surface area contributed by atoms with Crippen molar-refractivity contribution in [1.29, 1.82) is 0 Å². The van der Waals surface area contributed by atoms with Crippen LogP contribution < -0.4 is 11.1 Å². The Labute approximate surface area is 163 Å². The Morgan fingerprint density at radius 1 is 0.893 bits per heavy atom. The number of fused-ring (bicyclic) bond motifs is 1. The van der Waals surface area contributed by atoms with Gasteiger partial charge in [0.05, 0.1) is 11.2 Å². The van der Waals surface area contributed by atoms with E-state index >= 15 is 0 Å². The maximum Gasteiger partial charge on any atom is 0.136 e. The average Bonchev–Trinajstić information content (AvgIpc) is 2.74. The summed E-state index contributed by atoms with van der Waals surface area (Å²) < 4.78 is 13.5. The predicted octanol–water partition coefficient (Wildman–Crippen LogP) is 4.86. The summed E-state index contributed by atoms with van der Waals surface area (Å²) in [5.41, 5.74) is 10.1. The molecule has 0 bridgehead atoms. The van der Waals surface area contributed by atoms with Crippen LogP contribution in [0.4, 0.5) is 10.2 Å². The van der Waals surface area contributed by atoms with Gasteiger partial charge < -0.3 is 11.1 Å². The number of nitrogens with two attached hydrogens (primary N) is 1. The van der Waals surface area contributed by atoms with Crippen molar-refractivity contribution in [2.75, 3.05) is 18.4 Å². The highest BCUT2D eigenvalue weighted by Gasteiger charge is 2.09. The van der Waals surface area contributed by atoms with E-state index in [9.17, 15) is 4.39 Å². The molecule has 4 rings (SSSR count). The van der Waals surface area contributed by atoms with Crippen LogP contribution in [0.5, 0.6) is 0 Å². The minimum atomic E-state index is -0.239. The summed E-state index contributed by atoms with van der Waals surface area (Å²) in [5.74, 6) is 0.570. The minimum absolute atomic E-state index is 0.239. The maximum absolute atomic E-state index is 13.5. The molecule has 0 fully saturated rings. The van der Waals surface area contributed by atoms with Crippen molar-refractivity contribution in [2.45, 2.75) is 6.42 Å². The van der Waals surface area contributed by atoms with E-state index in [1.807, 2.05) is 48.5 Å². The van der Waals surface area contributed by atoms with Crippen molar-refractivity contribution >= 4 is 16.7 Å². The first-order valence-electron chi connectivity index (χ1n) is 9.31. The SMILES string of the molecule is NCCCNc1nc(-c2ccc(-c3cccc(F)c3)cc2)cc2ncccc12. The van der Waals surface area contributed by atoms with Gasteiger partial charge in [0.2, 0.25) is 0 Å². The van der Waals surface area contributed by atoms with Gasteiger partial charge in [0.25, 0.3) is 0 Å². The molecule has 2 aromatic heterocycles. The van der Waals surface area contributed by atoms with Gasteiger partial charge in [-0.05, 0) is 54.4 Å². The third-order valence-corrected chi connectivity index (χ3v) is 4.61. The molecule has 0 aliphatic carbocycles. The van der Waals surface area contributed by atoms with Crippen LogP contribution in [0.15, 0.2) is 72.9 Å². The zero-order valence-electron chi connectivity index (χ0n) is 15.4. The molecule has 0 atom stereocenters. The third-order valence-electron chi connectivity index (χ3n) is 4.61. The fourth-order valence-corrected chi connectivity index (χ4v) is 3.17. The molecule has 140 valence electrons. The summed E-state index contributed by atoms with van der Waals surface area (Å²) in [5, 5.41) is 4.36. The molecule has 5 heteroatoms. The summed E-state index contributed by atoms with van der Waals surface area (Å²) in [7, 11) is 0. The summed E-state index contributed by atoms with van der Waals surface area (Å²) in [6.45, 7) is 1.39. The minimum Gasteiger partial charge on any atom is -0.369 e. The number of hydrogen-bond acceptors (Lipinski definition) is 4. The molecule has 3 N–H and O–H groups in total. The first-order chi connectivity index (χ1) is 13.7. The smallest absolute Gasteiger partial charge is 0.136 e. The summed E-state index contributed by atoms with van der Waals surface area (Å²) in [4.78, 5) is 9.29. The van der Waals surface area contributed by atoms with Gasteiger partial charge in [-0.25, -0.2) is 9.37 Å². The quantitative estimate of drug-likeness (QED) is 0.474. The number of hydrogen-bond donors (Lipinski definition) is 2. The van der Waals surface area contributed by atoms with Gasteiger partial charge in [-0.3, -0.25) is 4.98 Å². The average molecular weight is 372 g/mol. The summed E-state index contributed by atoms with van der Waals surface area (Å²) in [6, 6.07) is 20.5. The zero-order valence-corrected chi connectivity index (χ0v) is 15.4. The highest BCUT2D eigenvalue weighted by molar-refractivity contribution is 5.92. The maximum atomic E-state index is 13.5. The molecule has 0 amide bonds. The van der Waals surface area contributed by atoms with E-state index in [0.29, 0.717) is 6.54 Å². The molecule has 0 radical (unpaired) electrons. The number of halogens is 1. The second kappa shape index (κ2) is 8.15. The molecule has 4 aromatic rings. The van der Waals surface area contributed by atoms with Crippen LogP contribution in [0, 0.1) is 5.82 Å². The number of anilines is 1. The number of pyridine rings is 2. The first kappa shape index (κ1) is 18.1. The molecule has 0 saturated heterocycles. The molecule has 0 aliphatic rings. The lowest BCUT2D eigenvalue weighted by Gasteiger charge is -2.11. The van der Waals surface area contributed by atoms with Gasteiger partial charge in [0.15, 0.2) is 0 Å². The molecule has 0 saturated carbocycles. The summed E-state index contributed by atoms with van der Waals surface area (Å²) >= 11 is 0. The summed E-state index contributed by atoms with van der Waals surface area (Å²) in [6.07, 6.45) is 2.65. The predicted molar refractivity (Wildman–Crippen MR) is 113 cm³/mol. The number of nitrogens with zero attached hydrogens (tertiary/aromatic N) is 2. The standard InChI is InChI=1S/C23H21FN4/c24-19-5-1-4-18(14-19)16-7-9-17(10-8-16)21-15-22-20(6-2-12-26-22)23(28-21)27-13-3-11-25/h1-2,4-10,12,14-15H,3,11,13,25H2,(H,27,28). The molecule has 0 spiro atoms. The topological polar surface area (TPSA) is 63.8 Å². The molecule has 0 unspecified atom stereocenters. The van der Waals surface area contributed by atoms with Crippen LogP contribution in [-0.4, -0.2) is 23.1 Å². The van der Waals surface area contributed by atoms with E-state index in [1.165, 1.54) is 12.1 Å². The molecule has 0 aliphatic heterocycles. The first-order valence-corrected chi connectivity index (χ1v) is 9.31. The zero-order chi connectivity index (χ0) is 19.3. The van der Waals surface area contributed by atoms with Gasteiger partial charge >= 0.3 is 0 Å². The van der Waals surface area contributed by atoms with Crippen molar-refractivity contribution in [3.05, 3.63) is 78.7 Å². The fourth-order valence-electron chi connectivity index (χ4n) is 3.17. The highest BCUT2D eigenvalue weighted by Crippen LogP contribution is 2.28. The van der Waals surface area contributed by atoms with E-state index < -0.39 is 0 Å². The van der Waals surface area contributed by atoms with Gasteiger partial charge in [-0.15, -0.1) is 0 Å². The molecule has 4 nitrogen and oxygen atoms in total. The van der Waals surface area contributed by atoms with Gasteiger partial charge in [-0.2, -0.15) is 0 Å². The van der Waals surface area contributed by atoms with E-state index in [4.69, 9.17) is 10.7 Å². The lowest BCUT2D eigenvalue weighted by Crippen LogP contribution is -2.10. The Morgan fingerprint density at radius 3 is 2.50 bits per heavy atom. The van der Waals surface area contributed by atoms with Crippen LogP contribution in [-0.2, 0) is 0 Å². The molecular formula is C23H21FN4. The lowest BCUT2D eigenvalue weighted by atomic mass is 10.0. The fraction of sp³-hybridized carbons (Fsp3) is 0.130. The van der Waals surface area contributed by atoms with Crippen LogP contribution in [0.2, 0.25) is 0 Å². The van der Waals surface area contributed by atoms with E-state index in [1.54, 1.807) is 12.3 Å². The number of benzene rings is 2. The van der Waals surface area contributed by atoms with Crippen molar-refractivity contribution in [2.24, 2.45) is 5.73 Å². The molecule has 28 heavy (non-hydrogen) atoms. The van der Waals surface area contributed by atoms with Crippen molar-refractivity contribution < 1.29 is 4.39 Å². The number of aromatic nitrogens is 2. The van der Waals surface area contributed by atoms with Crippen molar-refractivity contribution in [3.8, 4) is 22.4 Å². The Bertz CT molecular complexity index is 1090. The Balaban J connectivity index is 1.70. The van der Waals surface area contributed by atoms with Crippen LogP contribution in [0.25, 0.3) is 33.3 Å². The van der Waals surface area contributed by atoms with Crippen LogP contribution in [0.1, 0.15) is 6.42 Å². The monoisotopic (exact) mass is 372 g/mol. The number of rotatable bonds is 6. The number of nitrogens with one attached hydrogen (secondary N) is 1. The van der Waals surface area contributed by atoms with E-state index in [0.717, 1.165) is 52.1 Å². The third kappa shape index (κ3) is 3.85. The normalized spacial score (nSPS) is 10.9. The van der Waals surface area contributed by atoms with Crippen LogP contribution >= 0.6 is 0 Å². The largest absolute Gasteiger partial charge is 0.369 e. The Hall–Kier alpha value is -3.31. The van der Waals surface area contributed by atoms with Gasteiger partial charge in [-0.1, -0.05) is 36.4 Å². The van der Waals surface area contributed by atoms with Crippen molar-refractivity contribution in [3.63, 3.8) is 0 Å². The molecular weight excluding hydrogens is 351 g/mol. The van der Waals surface area contributed by atoms with E-state index in [2.05, 4.69) is 10.3 Å². The second-order valence-corrected chi connectivity index (χ2v) is 6.58. The van der Waals surface area contributed by atoms with Gasteiger partial charge in [0, 0.05) is 23.7 Å². The van der Waals surface area contributed by atoms with Gasteiger partial charge in [0.1, 0.15) is 11.6 Å². The Kier molecular flexibility index (Phi) is 5.26. The molecule has 2 aromatic carbocycles. The molecule has 2 heterocycles. The van der Waals surface area contributed by atoms with Crippen molar-refractivity contribution in [1.82, 2.24) is 9.97 Å². The lowest BCUT2D eigenvalue weighted by molar-refractivity contribution is 0.628. The van der Waals surface area contributed by atoms with E-state index in [-0.39, 0.29) is 5.82 Å². The Morgan fingerprint density at radius 2 is 1.71 bits per heavy atom.